The van der Waals surface area contributed by atoms with E-state index in [1.165, 1.54) is 38.5 Å². The second kappa shape index (κ2) is 15.8. The summed E-state index contributed by atoms with van der Waals surface area (Å²) in [6, 6.07) is 7.68. The number of nitrogens with one attached hydrogen (secondary N) is 1. The Kier molecular flexibility index (Phi) is 14.3. The molecular weight excluding hydrogens is 414 g/mol. The highest BCUT2D eigenvalue weighted by Gasteiger charge is 2.39. The van der Waals surface area contributed by atoms with Crippen molar-refractivity contribution in [2.24, 2.45) is 35.5 Å². The minimum absolute atomic E-state index is 0.0366. The highest BCUT2D eigenvalue weighted by Crippen LogP contribution is 2.45. The molecule has 184 valence electrons. The summed E-state index contributed by atoms with van der Waals surface area (Å²) in [5, 5.41) is 3.30. The SMILES string of the molecule is CCC(CC)C(C(CC)CC)C(C(CC)CC)C(CC)CNC(=O)c1ccc(CCl)cc1. The molecule has 0 spiro atoms. The first-order chi connectivity index (χ1) is 15.4. The van der Waals surface area contributed by atoms with Crippen molar-refractivity contribution in [1.29, 1.82) is 0 Å². The average molecular weight is 464 g/mol. The fourth-order valence-corrected chi connectivity index (χ4v) is 6.33. The molecule has 32 heavy (non-hydrogen) atoms. The largest absolute Gasteiger partial charge is 0.352 e. The summed E-state index contributed by atoms with van der Waals surface area (Å²) in [6.07, 6.45) is 8.58. The zero-order chi connectivity index (χ0) is 24.1. The highest BCUT2D eigenvalue weighted by atomic mass is 35.5. The summed E-state index contributed by atoms with van der Waals surface area (Å²) in [7, 11) is 0. The first-order valence-corrected chi connectivity index (χ1v) is 13.9. The van der Waals surface area contributed by atoms with Crippen molar-refractivity contribution >= 4 is 17.5 Å². The predicted molar refractivity (Wildman–Crippen MR) is 141 cm³/mol. The van der Waals surface area contributed by atoms with Gasteiger partial charge in [-0.15, -0.1) is 11.6 Å². The van der Waals surface area contributed by atoms with Crippen LogP contribution < -0.4 is 5.32 Å². The van der Waals surface area contributed by atoms with Crippen molar-refractivity contribution in [1.82, 2.24) is 5.32 Å². The van der Waals surface area contributed by atoms with Crippen LogP contribution in [-0.4, -0.2) is 12.5 Å². The van der Waals surface area contributed by atoms with Gasteiger partial charge in [-0.2, -0.15) is 0 Å². The van der Waals surface area contributed by atoms with Gasteiger partial charge in [0.2, 0.25) is 0 Å². The molecule has 0 aromatic heterocycles. The molecule has 3 heteroatoms. The monoisotopic (exact) mass is 463 g/mol. The van der Waals surface area contributed by atoms with Gasteiger partial charge < -0.3 is 5.32 Å². The van der Waals surface area contributed by atoms with E-state index in [9.17, 15) is 4.79 Å². The summed E-state index contributed by atoms with van der Waals surface area (Å²) in [5.41, 5.74) is 1.77. The molecule has 0 saturated carbocycles. The summed E-state index contributed by atoms with van der Waals surface area (Å²) in [4.78, 5) is 12.9. The third-order valence-electron chi connectivity index (χ3n) is 8.19. The van der Waals surface area contributed by atoms with E-state index in [0.717, 1.165) is 41.8 Å². The summed E-state index contributed by atoms with van der Waals surface area (Å²) >= 11 is 5.90. The van der Waals surface area contributed by atoms with Gasteiger partial charge >= 0.3 is 0 Å². The summed E-state index contributed by atoms with van der Waals surface area (Å²) < 4.78 is 0. The molecule has 0 bridgehead atoms. The quantitative estimate of drug-likeness (QED) is 0.244. The number of amides is 1. The molecule has 0 heterocycles. The fourth-order valence-electron chi connectivity index (χ4n) is 6.15. The minimum Gasteiger partial charge on any atom is -0.352 e. The van der Waals surface area contributed by atoms with Crippen LogP contribution in [0.5, 0.6) is 0 Å². The van der Waals surface area contributed by atoms with Crippen LogP contribution in [0.4, 0.5) is 0 Å². The van der Waals surface area contributed by atoms with E-state index in [4.69, 9.17) is 11.6 Å². The van der Waals surface area contributed by atoms with Gasteiger partial charge in [0.15, 0.2) is 0 Å². The molecule has 0 saturated heterocycles. The van der Waals surface area contributed by atoms with Crippen molar-refractivity contribution < 1.29 is 4.79 Å². The average Bonchev–Trinajstić information content (AvgIpc) is 2.84. The van der Waals surface area contributed by atoms with Gasteiger partial charge in [-0.1, -0.05) is 106 Å². The van der Waals surface area contributed by atoms with Gasteiger partial charge in [0, 0.05) is 18.0 Å². The van der Waals surface area contributed by atoms with Gasteiger partial charge in [-0.25, -0.2) is 0 Å². The number of halogens is 1. The number of rotatable bonds is 16. The van der Waals surface area contributed by atoms with E-state index >= 15 is 0 Å². The molecule has 1 aromatic rings. The molecule has 2 unspecified atom stereocenters. The molecular formula is C29H50ClNO. The van der Waals surface area contributed by atoms with Crippen LogP contribution in [0.25, 0.3) is 0 Å². The smallest absolute Gasteiger partial charge is 0.251 e. The maximum atomic E-state index is 12.9. The summed E-state index contributed by atoms with van der Waals surface area (Å²) in [6.45, 7) is 17.3. The first-order valence-electron chi connectivity index (χ1n) is 13.4. The lowest BCUT2D eigenvalue weighted by Gasteiger charge is -2.45. The van der Waals surface area contributed by atoms with Crippen LogP contribution in [-0.2, 0) is 5.88 Å². The van der Waals surface area contributed by atoms with Crippen LogP contribution in [0, 0.1) is 35.5 Å². The number of hydrogen-bond donors (Lipinski definition) is 1. The molecule has 2 atom stereocenters. The lowest BCUT2D eigenvalue weighted by atomic mass is 9.60. The normalized spacial score (nSPS) is 13.9. The molecule has 1 amide bonds. The van der Waals surface area contributed by atoms with Gasteiger partial charge in [-0.05, 0) is 53.2 Å². The third kappa shape index (κ3) is 7.79. The Morgan fingerprint density at radius 3 is 1.41 bits per heavy atom. The van der Waals surface area contributed by atoms with Crippen LogP contribution in [0.2, 0.25) is 0 Å². The van der Waals surface area contributed by atoms with E-state index in [2.05, 4.69) is 53.8 Å². The topological polar surface area (TPSA) is 29.1 Å². The lowest BCUT2D eigenvalue weighted by molar-refractivity contribution is 0.0365. The van der Waals surface area contributed by atoms with Crippen LogP contribution in [0.3, 0.4) is 0 Å². The minimum atomic E-state index is 0.0366. The fraction of sp³-hybridized carbons (Fsp3) is 0.759. The molecule has 0 aliphatic heterocycles. The summed E-state index contributed by atoms with van der Waals surface area (Å²) in [5.74, 6) is 4.65. The molecule has 1 aromatic carbocycles. The maximum Gasteiger partial charge on any atom is 0.251 e. The molecule has 0 aliphatic carbocycles. The maximum absolute atomic E-state index is 12.9. The number of carbonyl (C=O) groups is 1. The number of benzene rings is 1. The predicted octanol–water partition coefficient (Wildman–Crippen LogP) is 8.72. The molecule has 1 N–H and O–H groups in total. The second-order valence-corrected chi connectivity index (χ2v) is 9.86. The van der Waals surface area contributed by atoms with Crippen molar-refractivity contribution in [2.45, 2.75) is 99.3 Å². The van der Waals surface area contributed by atoms with E-state index in [1.54, 1.807) is 0 Å². The number of carbonyl (C=O) groups excluding carboxylic acids is 1. The van der Waals surface area contributed by atoms with Crippen molar-refractivity contribution in [3.63, 3.8) is 0 Å². The van der Waals surface area contributed by atoms with Gasteiger partial charge in [0.05, 0.1) is 0 Å². The third-order valence-corrected chi connectivity index (χ3v) is 8.50. The van der Waals surface area contributed by atoms with Gasteiger partial charge in [0.25, 0.3) is 5.91 Å². The van der Waals surface area contributed by atoms with Gasteiger partial charge in [-0.3, -0.25) is 4.79 Å². The Balaban J connectivity index is 3.19. The standard InChI is InChI=1S/C29H50ClNO/c1-8-22(9-2)27(23(10-3)11-4)28(24(12-5)13-6)25(14-7)20-31-29(32)26-17-15-21(19-30)16-18-26/h15-18,22-25,27-28H,8-14,19-20H2,1-7H3,(H,31,32). The second-order valence-electron chi connectivity index (χ2n) is 9.59. The van der Waals surface area contributed by atoms with Crippen molar-refractivity contribution in [3.05, 3.63) is 35.4 Å². The van der Waals surface area contributed by atoms with E-state index in [1.807, 2.05) is 24.3 Å². The van der Waals surface area contributed by atoms with E-state index < -0.39 is 0 Å². The first kappa shape index (κ1) is 29.0. The van der Waals surface area contributed by atoms with Crippen LogP contribution in [0.1, 0.15) is 109 Å². The van der Waals surface area contributed by atoms with E-state index in [-0.39, 0.29) is 5.91 Å². The molecule has 0 aliphatic rings. The Morgan fingerprint density at radius 1 is 0.688 bits per heavy atom. The zero-order valence-corrected chi connectivity index (χ0v) is 22.7. The number of alkyl halides is 1. The Bertz CT molecular complexity index is 605. The molecule has 0 radical (unpaired) electrons. The molecule has 2 nitrogen and oxygen atoms in total. The molecule has 1 rings (SSSR count). The van der Waals surface area contributed by atoms with E-state index in [0.29, 0.717) is 23.6 Å². The van der Waals surface area contributed by atoms with Crippen molar-refractivity contribution in [3.8, 4) is 0 Å². The van der Waals surface area contributed by atoms with Crippen LogP contribution >= 0.6 is 11.6 Å². The lowest BCUT2D eigenvalue weighted by Crippen LogP contribution is -2.43. The van der Waals surface area contributed by atoms with Crippen LogP contribution in [0.15, 0.2) is 24.3 Å². The Morgan fingerprint density at radius 2 is 1.06 bits per heavy atom. The number of hydrogen-bond acceptors (Lipinski definition) is 1. The van der Waals surface area contributed by atoms with Crippen molar-refractivity contribution in [2.75, 3.05) is 6.54 Å². The zero-order valence-electron chi connectivity index (χ0n) is 21.9. The van der Waals surface area contributed by atoms with Gasteiger partial charge in [0.1, 0.15) is 0 Å². The highest BCUT2D eigenvalue weighted by molar-refractivity contribution is 6.17. The Hall–Kier alpha value is -1.02. The molecule has 0 fully saturated rings. The Labute approximate surface area is 204 Å².